The number of nitrogens with zero attached hydrogens (tertiary/aromatic N) is 4. The van der Waals surface area contributed by atoms with Gasteiger partial charge in [-0.05, 0) is 35.9 Å². The highest BCUT2D eigenvalue weighted by molar-refractivity contribution is 5.93. The summed E-state index contributed by atoms with van der Waals surface area (Å²) in [5.41, 5.74) is 11.1. The summed E-state index contributed by atoms with van der Waals surface area (Å²) >= 11 is 0. The number of amides is 3. The lowest BCUT2D eigenvalue weighted by atomic mass is 9.88. The van der Waals surface area contributed by atoms with Crippen LogP contribution in [0, 0.1) is 0 Å². The van der Waals surface area contributed by atoms with Crippen LogP contribution in [0.15, 0.2) is 65.8 Å². The Morgan fingerprint density at radius 1 is 0.899 bits per heavy atom. The van der Waals surface area contributed by atoms with E-state index in [4.69, 9.17) is 52.1 Å². The van der Waals surface area contributed by atoms with Crippen LogP contribution in [0.25, 0.3) is 10.4 Å². The minimum absolute atomic E-state index is 0.0305. The molecule has 3 fully saturated rings. The number of carbonyl (C=O) groups is 7. The standard InChI is InChI=1S/C45H57N5O19/c1-26(51)50-36-32(68-44(50)58)21-45(42(56)59-5,69-40(36)39(66-29(4)54)33(65-28(3)53)24-61-27(2)52)64-25-34-38(62-22-30-15-9-6-10-16-30)37(55)35(48-49-46)41(67-34)60-20-14-8-13-19-47-43(57)63-23-31-17-11-7-12-18-31/h6-7,9-12,15-18,32-41,55H,8,13-14,19-25H2,1-5H3,(H,47,57)/t32-,33-,34+,35+,36+,37+,38-,39-,40+,41+,45+/m0/s1. The zero-order valence-electron chi connectivity index (χ0n) is 38.7. The van der Waals surface area contributed by atoms with Gasteiger partial charge in [-0.1, -0.05) is 65.8 Å². The third kappa shape index (κ3) is 14.8. The van der Waals surface area contributed by atoms with Crippen molar-refractivity contribution in [3.8, 4) is 0 Å². The van der Waals surface area contributed by atoms with Crippen molar-refractivity contribution in [2.45, 2.75) is 133 Å². The second-order valence-corrected chi connectivity index (χ2v) is 16.1. The molecule has 3 amide bonds. The molecule has 0 unspecified atom stereocenters. The summed E-state index contributed by atoms with van der Waals surface area (Å²) < 4.78 is 63.4. The molecule has 24 heteroatoms. The molecular formula is C45H57N5O19. The summed E-state index contributed by atoms with van der Waals surface area (Å²) in [6, 6.07) is 15.2. The molecule has 3 aliphatic rings. The van der Waals surface area contributed by atoms with Crippen LogP contribution < -0.4 is 5.32 Å². The Bertz CT molecular complexity index is 2130. The van der Waals surface area contributed by atoms with Crippen molar-refractivity contribution < 1.29 is 90.8 Å². The number of nitrogens with one attached hydrogen (secondary N) is 1. The van der Waals surface area contributed by atoms with Crippen molar-refractivity contribution in [1.82, 2.24) is 10.2 Å². The maximum Gasteiger partial charge on any atom is 0.417 e. The summed E-state index contributed by atoms with van der Waals surface area (Å²) in [5.74, 6) is -7.37. The summed E-state index contributed by atoms with van der Waals surface area (Å²) in [5, 5.41) is 18.3. The van der Waals surface area contributed by atoms with E-state index in [0.29, 0.717) is 36.3 Å². The van der Waals surface area contributed by atoms with Crippen molar-refractivity contribution in [3.63, 3.8) is 0 Å². The first-order chi connectivity index (χ1) is 33.1. The normalized spacial score (nSPS) is 25.9. The molecule has 3 aliphatic heterocycles. The highest BCUT2D eigenvalue weighted by Crippen LogP contribution is 2.42. The van der Waals surface area contributed by atoms with Gasteiger partial charge in [-0.2, -0.15) is 0 Å². The molecular weight excluding hydrogens is 915 g/mol. The summed E-state index contributed by atoms with van der Waals surface area (Å²) in [4.78, 5) is 93.1. The number of imide groups is 1. The number of hydrogen-bond acceptors (Lipinski definition) is 20. The van der Waals surface area contributed by atoms with Crippen LogP contribution in [-0.2, 0) is 89.3 Å². The number of aliphatic hydroxyl groups excluding tert-OH is 1. The average molecular weight is 972 g/mol. The molecule has 69 heavy (non-hydrogen) atoms. The van der Waals surface area contributed by atoms with E-state index in [2.05, 4.69) is 15.3 Å². The van der Waals surface area contributed by atoms with E-state index in [-0.39, 0.29) is 19.8 Å². The average Bonchev–Trinajstić information content (AvgIpc) is 3.66. The fourth-order valence-corrected chi connectivity index (χ4v) is 7.98. The molecule has 2 aromatic rings. The Hall–Kier alpha value is -6.40. The zero-order valence-corrected chi connectivity index (χ0v) is 38.7. The Kier molecular flexibility index (Phi) is 20.0. The number of carbonyl (C=O) groups excluding carboxylic acids is 7. The Labute approximate surface area is 396 Å². The Morgan fingerprint density at radius 3 is 2.17 bits per heavy atom. The minimum atomic E-state index is -2.60. The van der Waals surface area contributed by atoms with Crippen LogP contribution >= 0.6 is 0 Å². The van der Waals surface area contributed by atoms with Gasteiger partial charge in [0.2, 0.25) is 5.91 Å². The fourth-order valence-electron chi connectivity index (χ4n) is 7.98. The van der Waals surface area contributed by atoms with E-state index in [1.807, 2.05) is 30.3 Å². The Balaban J connectivity index is 1.39. The predicted octanol–water partition coefficient (Wildman–Crippen LogP) is 3.29. The molecule has 0 aliphatic carbocycles. The van der Waals surface area contributed by atoms with Crippen molar-refractivity contribution in [1.29, 1.82) is 0 Å². The van der Waals surface area contributed by atoms with Crippen LogP contribution in [0.3, 0.4) is 0 Å². The molecule has 24 nitrogen and oxygen atoms in total. The lowest BCUT2D eigenvalue weighted by Crippen LogP contribution is -2.67. The smallest absolute Gasteiger partial charge is 0.417 e. The van der Waals surface area contributed by atoms with Crippen LogP contribution in [0.4, 0.5) is 9.59 Å². The van der Waals surface area contributed by atoms with Gasteiger partial charge in [-0.3, -0.25) is 19.2 Å². The molecule has 2 aromatic carbocycles. The van der Waals surface area contributed by atoms with E-state index < -0.39 is 128 Å². The van der Waals surface area contributed by atoms with Crippen molar-refractivity contribution in [2.75, 3.05) is 33.5 Å². The minimum Gasteiger partial charge on any atom is -0.465 e. The highest BCUT2D eigenvalue weighted by atomic mass is 16.8. The lowest BCUT2D eigenvalue weighted by molar-refractivity contribution is -0.332. The molecule has 0 bridgehead atoms. The van der Waals surface area contributed by atoms with Crippen molar-refractivity contribution in [3.05, 3.63) is 82.2 Å². The predicted molar refractivity (Wildman–Crippen MR) is 232 cm³/mol. The van der Waals surface area contributed by atoms with Gasteiger partial charge in [0.1, 0.15) is 49.7 Å². The van der Waals surface area contributed by atoms with Crippen molar-refractivity contribution in [2.24, 2.45) is 5.11 Å². The highest BCUT2D eigenvalue weighted by Gasteiger charge is 2.64. The number of aliphatic hydroxyl groups is 1. The van der Waals surface area contributed by atoms with Crippen LogP contribution in [-0.4, -0.2) is 152 Å². The molecule has 0 radical (unpaired) electrons. The van der Waals surface area contributed by atoms with Gasteiger partial charge >= 0.3 is 36.1 Å². The monoisotopic (exact) mass is 971 g/mol. The van der Waals surface area contributed by atoms with Crippen molar-refractivity contribution >= 4 is 42.0 Å². The van der Waals surface area contributed by atoms with Gasteiger partial charge in [0.05, 0.1) is 32.8 Å². The van der Waals surface area contributed by atoms with Gasteiger partial charge < -0.3 is 62.5 Å². The number of methoxy groups -OCH3 is 1. The van der Waals surface area contributed by atoms with Crippen LogP contribution in [0.2, 0.25) is 0 Å². The third-order valence-corrected chi connectivity index (χ3v) is 11.0. The van der Waals surface area contributed by atoms with Crippen LogP contribution in [0.5, 0.6) is 0 Å². The molecule has 11 atom stereocenters. The second kappa shape index (κ2) is 25.8. The van der Waals surface area contributed by atoms with E-state index >= 15 is 0 Å². The van der Waals surface area contributed by atoms with E-state index in [9.17, 15) is 44.2 Å². The molecule has 0 spiro atoms. The van der Waals surface area contributed by atoms with E-state index in [1.54, 1.807) is 30.3 Å². The Morgan fingerprint density at radius 2 is 1.57 bits per heavy atom. The maximum atomic E-state index is 14.0. The molecule has 5 rings (SSSR count). The molecule has 3 heterocycles. The number of esters is 4. The zero-order chi connectivity index (χ0) is 50.1. The van der Waals surface area contributed by atoms with Gasteiger partial charge in [-0.25, -0.2) is 19.3 Å². The summed E-state index contributed by atoms with van der Waals surface area (Å²) in [6.07, 6.45) is -13.3. The molecule has 3 saturated heterocycles. The first-order valence-electron chi connectivity index (χ1n) is 22.0. The molecule has 0 saturated carbocycles. The second-order valence-electron chi connectivity index (χ2n) is 16.1. The third-order valence-electron chi connectivity index (χ3n) is 11.0. The fraction of sp³-hybridized carbons (Fsp3) is 0.578. The van der Waals surface area contributed by atoms with Gasteiger partial charge in [0.25, 0.3) is 5.79 Å². The SMILES string of the molecule is COC(=O)[C@@]1(OC[C@H]2O[C@@H](OCCCCCNC(=O)OCc3ccccc3)[C@H](N=[N+]=[N-])[C@@H](O)[C@H]2OCc2ccccc2)C[C@@H]2OC(=O)N(C(C)=O)[C@H]2[C@H]([C@@H](OC(C)=O)[C@H](COC(C)=O)OC(C)=O)O1. The number of hydrogen-bond donors (Lipinski definition) is 2. The number of ether oxygens (including phenoxy) is 11. The summed E-state index contributed by atoms with van der Waals surface area (Å²) in [7, 11) is 1.00. The molecule has 376 valence electrons. The quantitative estimate of drug-likeness (QED) is 0.0403. The van der Waals surface area contributed by atoms with E-state index in [1.165, 1.54) is 0 Å². The molecule has 0 aromatic heterocycles. The topological polar surface area (TPSA) is 305 Å². The number of rotatable bonds is 23. The van der Waals surface area contributed by atoms with E-state index in [0.717, 1.165) is 40.4 Å². The van der Waals surface area contributed by atoms with Gasteiger partial charge in [-0.15, -0.1) is 0 Å². The number of alkyl carbamates (subject to hydrolysis) is 1. The summed E-state index contributed by atoms with van der Waals surface area (Å²) in [6.45, 7) is 3.11. The molecule has 2 N–H and O–H groups in total. The first kappa shape index (κ1) is 53.6. The number of azide groups is 1. The largest absolute Gasteiger partial charge is 0.465 e. The first-order valence-corrected chi connectivity index (χ1v) is 22.0. The number of benzene rings is 2. The lowest BCUT2D eigenvalue weighted by Gasteiger charge is -2.48. The van der Waals surface area contributed by atoms with Crippen LogP contribution in [0.1, 0.15) is 64.5 Å². The number of unbranched alkanes of at least 4 members (excludes halogenated alkanes) is 2. The van der Waals surface area contributed by atoms with Gasteiger partial charge in [0, 0.05) is 45.8 Å². The maximum absolute atomic E-state index is 14.0. The number of fused-ring (bicyclic) bond motifs is 1. The van der Waals surface area contributed by atoms with Gasteiger partial charge in [0.15, 0.2) is 18.5 Å².